The molecule has 0 atom stereocenters. The quantitative estimate of drug-likeness (QED) is 0.744. The van der Waals surface area contributed by atoms with Crippen LogP contribution in [0.5, 0.6) is 0 Å². The molecule has 0 aliphatic rings. The van der Waals surface area contributed by atoms with Gasteiger partial charge in [-0.15, -0.1) is 0 Å². The van der Waals surface area contributed by atoms with E-state index in [-0.39, 0.29) is 12.1 Å². The number of nitrogens with one attached hydrogen (secondary N) is 1. The van der Waals surface area contributed by atoms with Gasteiger partial charge in [0, 0.05) is 36.4 Å². The topological polar surface area (TPSA) is 72.7 Å². The van der Waals surface area contributed by atoms with Crippen molar-refractivity contribution in [3.05, 3.63) is 65.9 Å². The molecule has 0 saturated heterocycles. The van der Waals surface area contributed by atoms with Gasteiger partial charge in [-0.2, -0.15) is 18.3 Å². The van der Waals surface area contributed by atoms with E-state index < -0.39 is 17.8 Å². The third-order valence-corrected chi connectivity index (χ3v) is 3.88. The van der Waals surface area contributed by atoms with Crippen LogP contribution in [0.2, 0.25) is 0 Å². The summed E-state index contributed by atoms with van der Waals surface area (Å²) in [6, 6.07) is 7.52. The molecule has 6 nitrogen and oxygen atoms in total. The van der Waals surface area contributed by atoms with Gasteiger partial charge in [-0.25, -0.2) is 0 Å². The average Bonchev–Trinajstić information content (AvgIpc) is 3.02. The maximum atomic E-state index is 12.5. The molecule has 0 saturated carbocycles. The molecule has 0 radical (unpaired) electrons. The van der Waals surface area contributed by atoms with Crippen molar-refractivity contribution in [3.8, 4) is 11.3 Å². The first-order chi connectivity index (χ1) is 12.8. The van der Waals surface area contributed by atoms with Gasteiger partial charge in [0.25, 0.3) is 5.91 Å². The van der Waals surface area contributed by atoms with Gasteiger partial charge in [0.05, 0.1) is 17.8 Å². The third-order valence-electron chi connectivity index (χ3n) is 3.88. The first-order valence-electron chi connectivity index (χ1n) is 8.11. The maximum Gasteiger partial charge on any atom is 0.433 e. The Morgan fingerprint density at radius 1 is 1.19 bits per heavy atom. The molecule has 3 rings (SSSR count). The lowest BCUT2D eigenvalue weighted by atomic mass is 10.2. The molecule has 0 unspecified atom stereocenters. The summed E-state index contributed by atoms with van der Waals surface area (Å²) in [6.45, 7) is 2.61. The second-order valence-corrected chi connectivity index (χ2v) is 5.82. The minimum absolute atomic E-state index is 0.0673. The molecule has 3 heterocycles. The fraction of sp³-hybridized carbons (Fsp3) is 0.222. The van der Waals surface area contributed by atoms with Crippen molar-refractivity contribution in [2.45, 2.75) is 19.6 Å². The zero-order chi connectivity index (χ0) is 19.4. The van der Waals surface area contributed by atoms with Gasteiger partial charge >= 0.3 is 6.18 Å². The van der Waals surface area contributed by atoms with Gasteiger partial charge in [-0.05, 0) is 37.3 Å². The number of nitrogens with zero attached hydrogens (tertiary/aromatic N) is 4. The Kier molecular flexibility index (Phi) is 5.20. The van der Waals surface area contributed by atoms with Gasteiger partial charge < -0.3 is 5.32 Å². The van der Waals surface area contributed by atoms with Crippen molar-refractivity contribution < 1.29 is 18.0 Å². The van der Waals surface area contributed by atoms with Crippen molar-refractivity contribution in [3.63, 3.8) is 0 Å². The highest BCUT2D eigenvalue weighted by molar-refractivity contribution is 5.93. The second-order valence-electron chi connectivity index (χ2n) is 5.82. The lowest BCUT2D eigenvalue weighted by molar-refractivity contribution is -0.141. The van der Waals surface area contributed by atoms with Crippen LogP contribution in [0.4, 0.5) is 13.2 Å². The predicted octanol–water partition coefficient (Wildman–Crippen LogP) is 3.10. The molecule has 0 aromatic carbocycles. The number of rotatable bonds is 5. The molecular weight excluding hydrogens is 359 g/mol. The summed E-state index contributed by atoms with van der Waals surface area (Å²) in [6.07, 6.45) is -0.248. The Morgan fingerprint density at radius 2 is 1.93 bits per heavy atom. The molecule has 1 N–H and O–H groups in total. The fourth-order valence-electron chi connectivity index (χ4n) is 2.47. The minimum Gasteiger partial charge on any atom is -0.350 e. The standard InChI is InChI=1S/C18H16F3N5O/c1-12-10-15(13-4-6-22-7-5-13)25-26(12)9-8-23-17(27)14-2-3-16(24-11-14)18(19,20)21/h2-7,10-11H,8-9H2,1H3,(H,23,27). The number of hydrogen-bond acceptors (Lipinski definition) is 4. The van der Waals surface area contributed by atoms with Crippen LogP contribution in [0.25, 0.3) is 11.3 Å². The predicted molar refractivity (Wildman–Crippen MR) is 91.8 cm³/mol. The Balaban J connectivity index is 1.58. The van der Waals surface area contributed by atoms with Gasteiger partial charge in [-0.3, -0.25) is 19.4 Å². The first-order valence-corrected chi connectivity index (χ1v) is 8.11. The zero-order valence-electron chi connectivity index (χ0n) is 14.4. The largest absolute Gasteiger partial charge is 0.433 e. The number of alkyl halides is 3. The molecule has 27 heavy (non-hydrogen) atoms. The van der Waals surface area contributed by atoms with Crippen LogP contribution in [0, 0.1) is 6.92 Å². The molecule has 3 aromatic rings. The van der Waals surface area contributed by atoms with E-state index in [1.807, 2.05) is 25.1 Å². The van der Waals surface area contributed by atoms with Crippen LogP contribution in [0.3, 0.4) is 0 Å². The zero-order valence-corrected chi connectivity index (χ0v) is 14.4. The van der Waals surface area contributed by atoms with E-state index >= 15 is 0 Å². The SMILES string of the molecule is Cc1cc(-c2ccncc2)nn1CCNC(=O)c1ccc(C(F)(F)F)nc1. The Labute approximate surface area is 153 Å². The molecule has 1 amide bonds. The molecule has 9 heteroatoms. The highest BCUT2D eigenvalue weighted by Crippen LogP contribution is 2.27. The van der Waals surface area contributed by atoms with E-state index in [0.717, 1.165) is 35.3 Å². The number of halogens is 3. The fourth-order valence-corrected chi connectivity index (χ4v) is 2.47. The van der Waals surface area contributed by atoms with Crippen LogP contribution in [0.1, 0.15) is 21.7 Å². The highest BCUT2D eigenvalue weighted by Gasteiger charge is 2.32. The Hall–Kier alpha value is -3.23. The van der Waals surface area contributed by atoms with Gasteiger partial charge in [0.15, 0.2) is 0 Å². The smallest absolute Gasteiger partial charge is 0.350 e. The summed E-state index contributed by atoms with van der Waals surface area (Å²) in [5.41, 5.74) is 1.69. The number of aromatic nitrogens is 4. The molecule has 0 aliphatic heterocycles. The van der Waals surface area contributed by atoms with E-state index in [1.165, 1.54) is 0 Å². The van der Waals surface area contributed by atoms with Gasteiger partial charge in [-0.1, -0.05) is 0 Å². The maximum absolute atomic E-state index is 12.5. The molecule has 0 aliphatic carbocycles. The summed E-state index contributed by atoms with van der Waals surface area (Å²) in [4.78, 5) is 19.3. The van der Waals surface area contributed by atoms with E-state index in [4.69, 9.17) is 0 Å². The first kappa shape index (κ1) is 18.6. The molecule has 140 valence electrons. The monoisotopic (exact) mass is 375 g/mol. The summed E-state index contributed by atoms with van der Waals surface area (Å²) in [5, 5.41) is 7.14. The van der Waals surface area contributed by atoms with E-state index in [0.29, 0.717) is 6.54 Å². The van der Waals surface area contributed by atoms with Crippen molar-refractivity contribution in [1.82, 2.24) is 25.1 Å². The Bertz CT molecular complexity index is 920. The average molecular weight is 375 g/mol. The number of pyridine rings is 2. The highest BCUT2D eigenvalue weighted by atomic mass is 19.4. The number of aryl methyl sites for hydroxylation is 1. The Morgan fingerprint density at radius 3 is 2.56 bits per heavy atom. The van der Waals surface area contributed by atoms with Crippen LogP contribution < -0.4 is 5.32 Å². The van der Waals surface area contributed by atoms with Crippen molar-refractivity contribution in [2.75, 3.05) is 6.54 Å². The van der Waals surface area contributed by atoms with Crippen LogP contribution >= 0.6 is 0 Å². The van der Waals surface area contributed by atoms with Crippen molar-refractivity contribution in [2.24, 2.45) is 0 Å². The normalized spacial score (nSPS) is 11.4. The lowest BCUT2D eigenvalue weighted by Gasteiger charge is -2.08. The molecule has 0 bridgehead atoms. The number of carbonyl (C=O) groups is 1. The lowest BCUT2D eigenvalue weighted by Crippen LogP contribution is -2.28. The van der Waals surface area contributed by atoms with E-state index in [2.05, 4.69) is 20.4 Å². The molecule has 0 spiro atoms. The van der Waals surface area contributed by atoms with Crippen molar-refractivity contribution >= 4 is 5.91 Å². The minimum atomic E-state index is -4.53. The van der Waals surface area contributed by atoms with Crippen LogP contribution in [-0.2, 0) is 12.7 Å². The number of amides is 1. The summed E-state index contributed by atoms with van der Waals surface area (Å²) in [5.74, 6) is -0.490. The summed E-state index contributed by atoms with van der Waals surface area (Å²) < 4.78 is 39.2. The van der Waals surface area contributed by atoms with E-state index in [9.17, 15) is 18.0 Å². The van der Waals surface area contributed by atoms with Crippen molar-refractivity contribution in [1.29, 1.82) is 0 Å². The molecule has 3 aromatic heterocycles. The number of hydrogen-bond donors (Lipinski definition) is 1. The van der Waals surface area contributed by atoms with Gasteiger partial charge in [0.1, 0.15) is 5.69 Å². The molecule has 0 fully saturated rings. The summed E-state index contributed by atoms with van der Waals surface area (Å²) in [7, 11) is 0. The van der Waals surface area contributed by atoms with Gasteiger partial charge in [0.2, 0.25) is 0 Å². The second kappa shape index (κ2) is 7.56. The van der Waals surface area contributed by atoms with Crippen LogP contribution in [0.15, 0.2) is 48.9 Å². The van der Waals surface area contributed by atoms with E-state index in [1.54, 1.807) is 17.1 Å². The summed E-state index contributed by atoms with van der Waals surface area (Å²) >= 11 is 0. The number of carbonyl (C=O) groups excluding carboxylic acids is 1. The molecular formula is C18H16F3N5O. The third kappa shape index (κ3) is 4.49. The van der Waals surface area contributed by atoms with Crippen LogP contribution in [-0.4, -0.2) is 32.2 Å².